The van der Waals surface area contributed by atoms with Gasteiger partial charge in [0, 0.05) is 0 Å². The van der Waals surface area contributed by atoms with E-state index < -0.39 is 17.7 Å². The topological polar surface area (TPSA) is 114 Å². The number of amides is 4. The van der Waals surface area contributed by atoms with E-state index >= 15 is 0 Å². The SMILES string of the molecule is CC1(C)NC(=O)N(CC2CCC(C(=O)NN)O2)C1=O. The van der Waals surface area contributed by atoms with E-state index in [1.807, 2.05) is 5.43 Å². The number of carbonyl (C=O) groups is 3. The summed E-state index contributed by atoms with van der Waals surface area (Å²) in [6, 6.07) is -0.426. The molecule has 19 heavy (non-hydrogen) atoms. The van der Waals surface area contributed by atoms with Gasteiger partial charge in [-0.3, -0.25) is 19.9 Å². The third-order valence-corrected chi connectivity index (χ3v) is 3.37. The lowest BCUT2D eigenvalue weighted by Crippen LogP contribution is -2.42. The quantitative estimate of drug-likeness (QED) is 0.259. The van der Waals surface area contributed by atoms with E-state index in [9.17, 15) is 14.4 Å². The molecule has 0 aliphatic carbocycles. The maximum atomic E-state index is 12.0. The third-order valence-electron chi connectivity index (χ3n) is 3.37. The molecule has 0 saturated carbocycles. The summed E-state index contributed by atoms with van der Waals surface area (Å²) in [5, 5.41) is 2.59. The minimum absolute atomic E-state index is 0.155. The van der Waals surface area contributed by atoms with Gasteiger partial charge < -0.3 is 10.1 Å². The molecule has 2 aliphatic rings. The molecular weight excluding hydrogens is 252 g/mol. The number of rotatable bonds is 3. The maximum absolute atomic E-state index is 12.0. The molecule has 2 atom stereocenters. The molecule has 2 saturated heterocycles. The molecule has 0 aromatic rings. The zero-order chi connectivity index (χ0) is 14.2. The third kappa shape index (κ3) is 2.54. The Morgan fingerprint density at radius 3 is 2.74 bits per heavy atom. The van der Waals surface area contributed by atoms with E-state index in [4.69, 9.17) is 10.6 Å². The first-order chi connectivity index (χ1) is 8.85. The second kappa shape index (κ2) is 4.78. The molecule has 2 aliphatic heterocycles. The Balaban J connectivity index is 1.95. The number of nitrogens with two attached hydrogens (primary N) is 1. The Bertz CT molecular complexity index is 423. The first-order valence-corrected chi connectivity index (χ1v) is 6.15. The highest BCUT2D eigenvalue weighted by Crippen LogP contribution is 2.23. The fourth-order valence-corrected chi connectivity index (χ4v) is 2.31. The molecule has 2 heterocycles. The lowest BCUT2D eigenvalue weighted by Gasteiger charge is -2.19. The number of nitrogens with zero attached hydrogens (tertiary/aromatic N) is 1. The molecule has 0 bridgehead atoms. The highest BCUT2D eigenvalue weighted by Gasteiger charge is 2.45. The van der Waals surface area contributed by atoms with Crippen LogP contribution in [-0.2, 0) is 14.3 Å². The Morgan fingerprint density at radius 1 is 1.53 bits per heavy atom. The summed E-state index contributed by atoms with van der Waals surface area (Å²) in [4.78, 5) is 36.1. The van der Waals surface area contributed by atoms with E-state index in [1.165, 1.54) is 0 Å². The summed E-state index contributed by atoms with van der Waals surface area (Å²) in [5.74, 6) is 4.36. The summed E-state index contributed by atoms with van der Waals surface area (Å²) < 4.78 is 5.47. The minimum atomic E-state index is -0.885. The standard InChI is InChI=1S/C11H18N4O4/c1-11(2)9(17)15(10(18)13-11)5-6-3-4-7(19-6)8(16)14-12/h6-7H,3-5,12H2,1-2H3,(H,13,18)(H,14,16). The summed E-state index contributed by atoms with van der Waals surface area (Å²) in [7, 11) is 0. The van der Waals surface area contributed by atoms with Gasteiger partial charge in [-0.1, -0.05) is 0 Å². The van der Waals surface area contributed by atoms with Crippen molar-refractivity contribution in [2.45, 2.75) is 44.4 Å². The van der Waals surface area contributed by atoms with Crippen molar-refractivity contribution in [3.05, 3.63) is 0 Å². The van der Waals surface area contributed by atoms with Crippen molar-refractivity contribution >= 4 is 17.8 Å². The smallest absolute Gasteiger partial charge is 0.325 e. The minimum Gasteiger partial charge on any atom is -0.363 e. The maximum Gasteiger partial charge on any atom is 0.325 e. The zero-order valence-corrected chi connectivity index (χ0v) is 10.9. The van der Waals surface area contributed by atoms with Crippen molar-refractivity contribution in [3.8, 4) is 0 Å². The van der Waals surface area contributed by atoms with Crippen molar-refractivity contribution in [1.29, 1.82) is 0 Å². The van der Waals surface area contributed by atoms with Crippen LogP contribution in [0.3, 0.4) is 0 Å². The molecule has 4 amide bonds. The largest absolute Gasteiger partial charge is 0.363 e. The van der Waals surface area contributed by atoms with Gasteiger partial charge in [-0.05, 0) is 26.7 Å². The summed E-state index contributed by atoms with van der Waals surface area (Å²) in [6.45, 7) is 3.45. The molecule has 0 aromatic carbocycles. The summed E-state index contributed by atoms with van der Waals surface area (Å²) in [6.07, 6.45) is 0.200. The van der Waals surface area contributed by atoms with Crippen LogP contribution in [0.1, 0.15) is 26.7 Å². The van der Waals surface area contributed by atoms with Crippen LogP contribution in [0.2, 0.25) is 0 Å². The van der Waals surface area contributed by atoms with Crippen LogP contribution in [0.5, 0.6) is 0 Å². The number of hydrogen-bond donors (Lipinski definition) is 3. The number of ether oxygens (including phenoxy) is 1. The fourth-order valence-electron chi connectivity index (χ4n) is 2.31. The van der Waals surface area contributed by atoms with E-state index in [-0.39, 0.29) is 24.5 Å². The van der Waals surface area contributed by atoms with Crippen molar-refractivity contribution in [3.63, 3.8) is 0 Å². The van der Waals surface area contributed by atoms with Gasteiger partial charge in [-0.25, -0.2) is 10.6 Å². The Kier molecular flexibility index (Phi) is 3.46. The molecule has 2 fully saturated rings. The van der Waals surface area contributed by atoms with E-state index in [1.54, 1.807) is 13.8 Å². The van der Waals surface area contributed by atoms with E-state index in [2.05, 4.69) is 5.32 Å². The predicted molar refractivity (Wildman–Crippen MR) is 64.5 cm³/mol. The number of carbonyl (C=O) groups excluding carboxylic acids is 3. The van der Waals surface area contributed by atoms with E-state index in [0.29, 0.717) is 12.8 Å². The highest BCUT2D eigenvalue weighted by molar-refractivity contribution is 6.06. The number of imide groups is 1. The summed E-state index contributed by atoms with van der Waals surface area (Å²) in [5.41, 5.74) is 1.14. The Morgan fingerprint density at radius 2 is 2.21 bits per heavy atom. The lowest BCUT2D eigenvalue weighted by molar-refractivity contribution is -0.134. The molecule has 0 aromatic heterocycles. The van der Waals surface area contributed by atoms with Crippen molar-refractivity contribution < 1.29 is 19.1 Å². The number of hydrazine groups is 1. The van der Waals surface area contributed by atoms with Crippen LogP contribution in [0, 0.1) is 0 Å². The van der Waals surface area contributed by atoms with E-state index in [0.717, 1.165) is 4.90 Å². The van der Waals surface area contributed by atoms with Crippen LogP contribution < -0.4 is 16.6 Å². The molecule has 8 heteroatoms. The average Bonchev–Trinajstić information content (AvgIpc) is 2.88. The number of urea groups is 1. The first-order valence-electron chi connectivity index (χ1n) is 6.15. The van der Waals surface area contributed by atoms with Crippen molar-refractivity contribution in [1.82, 2.24) is 15.6 Å². The van der Waals surface area contributed by atoms with Crippen molar-refractivity contribution in [2.24, 2.45) is 5.84 Å². The number of hydrogen-bond acceptors (Lipinski definition) is 5. The van der Waals surface area contributed by atoms with Gasteiger partial charge in [0.25, 0.3) is 11.8 Å². The normalized spacial score (nSPS) is 29.5. The van der Waals surface area contributed by atoms with Gasteiger partial charge in [-0.15, -0.1) is 0 Å². The van der Waals surface area contributed by atoms with Crippen LogP contribution in [0.4, 0.5) is 4.79 Å². The van der Waals surface area contributed by atoms with Gasteiger partial charge in [0.2, 0.25) is 0 Å². The molecule has 0 radical (unpaired) electrons. The van der Waals surface area contributed by atoms with Gasteiger partial charge in [0.15, 0.2) is 0 Å². The van der Waals surface area contributed by atoms with Gasteiger partial charge in [0.1, 0.15) is 11.6 Å². The molecule has 8 nitrogen and oxygen atoms in total. The van der Waals surface area contributed by atoms with Gasteiger partial charge in [-0.2, -0.15) is 0 Å². The second-order valence-electron chi connectivity index (χ2n) is 5.30. The highest BCUT2D eigenvalue weighted by atomic mass is 16.5. The van der Waals surface area contributed by atoms with Crippen LogP contribution in [-0.4, -0.2) is 47.0 Å². The Hall–Kier alpha value is -1.67. The molecule has 2 rings (SSSR count). The fraction of sp³-hybridized carbons (Fsp3) is 0.727. The lowest BCUT2D eigenvalue weighted by atomic mass is 10.1. The van der Waals surface area contributed by atoms with Crippen LogP contribution >= 0.6 is 0 Å². The van der Waals surface area contributed by atoms with Gasteiger partial charge in [0.05, 0.1) is 12.6 Å². The van der Waals surface area contributed by atoms with Crippen molar-refractivity contribution in [2.75, 3.05) is 6.54 Å². The monoisotopic (exact) mass is 270 g/mol. The molecule has 106 valence electrons. The Labute approximate surface area is 110 Å². The molecule has 2 unspecified atom stereocenters. The summed E-state index contributed by atoms with van der Waals surface area (Å²) >= 11 is 0. The zero-order valence-electron chi connectivity index (χ0n) is 10.9. The van der Waals surface area contributed by atoms with Crippen LogP contribution in [0.15, 0.2) is 0 Å². The number of nitrogens with one attached hydrogen (secondary N) is 2. The molecule has 0 spiro atoms. The predicted octanol–water partition coefficient (Wildman–Crippen LogP) is -1.15. The van der Waals surface area contributed by atoms with Gasteiger partial charge >= 0.3 is 6.03 Å². The van der Waals surface area contributed by atoms with Crippen LogP contribution in [0.25, 0.3) is 0 Å². The second-order valence-corrected chi connectivity index (χ2v) is 5.30. The average molecular weight is 270 g/mol. The molecular formula is C11H18N4O4. The molecule has 4 N–H and O–H groups in total. The first kappa shape index (κ1) is 13.8.